The summed E-state index contributed by atoms with van der Waals surface area (Å²) in [6.45, 7) is 4.13. The molecule has 0 heterocycles. The van der Waals surface area contributed by atoms with Gasteiger partial charge in [-0.25, -0.2) is 4.39 Å². The third-order valence-corrected chi connectivity index (χ3v) is 3.96. The molecule has 112 valence electrons. The first kappa shape index (κ1) is 16.3. The first-order valence-electron chi connectivity index (χ1n) is 6.91. The summed E-state index contributed by atoms with van der Waals surface area (Å²) in [4.78, 5) is 0. The molecule has 2 rings (SSSR count). The molecule has 1 nitrogen and oxygen atoms in total. The molecular weight excluding hydrogens is 308 g/mol. The van der Waals surface area contributed by atoms with E-state index in [1.54, 1.807) is 18.2 Å². The molecule has 0 saturated carbocycles. The van der Waals surface area contributed by atoms with Gasteiger partial charge < -0.3 is 5.32 Å². The second kappa shape index (κ2) is 7.26. The zero-order valence-electron chi connectivity index (χ0n) is 12.0. The van der Waals surface area contributed by atoms with Gasteiger partial charge >= 0.3 is 0 Å². The van der Waals surface area contributed by atoms with Gasteiger partial charge in [-0.1, -0.05) is 41.4 Å². The Morgan fingerprint density at radius 3 is 2.52 bits per heavy atom. The van der Waals surface area contributed by atoms with E-state index in [1.165, 1.54) is 6.07 Å². The zero-order chi connectivity index (χ0) is 15.4. The summed E-state index contributed by atoms with van der Waals surface area (Å²) in [7, 11) is 0. The van der Waals surface area contributed by atoms with Crippen LogP contribution in [0.15, 0.2) is 42.5 Å². The van der Waals surface area contributed by atoms with Crippen LogP contribution in [0.1, 0.15) is 31.0 Å². The van der Waals surface area contributed by atoms with E-state index in [0.717, 1.165) is 17.5 Å². The van der Waals surface area contributed by atoms with Crippen LogP contribution in [0.25, 0.3) is 0 Å². The van der Waals surface area contributed by atoms with E-state index in [2.05, 4.69) is 19.2 Å². The van der Waals surface area contributed by atoms with Crippen LogP contribution >= 0.6 is 23.2 Å². The molecule has 4 heteroatoms. The molecule has 21 heavy (non-hydrogen) atoms. The molecule has 0 aliphatic rings. The Hall–Kier alpha value is -1.09. The summed E-state index contributed by atoms with van der Waals surface area (Å²) >= 11 is 12.1. The average Bonchev–Trinajstić information content (AvgIpc) is 2.38. The molecule has 2 atom stereocenters. The first-order valence-corrected chi connectivity index (χ1v) is 7.66. The fourth-order valence-corrected chi connectivity index (χ4v) is 3.02. The van der Waals surface area contributed by atoms with Crippen LogP contribution in [0.3, 0.4) is 0 Å². The molecule has 0 fully saturated rings. The number of benzene rings is 2. The number of nitrogens with one attached hydrogen (secondary N) is 1. The standard InChI is InChI=1S/C17H18Cl2FN/c1-11(8-13-4-3-5-15(20)9-13)21-12(2)16-7-6-14(18)10-17(16)19/h3-7,9-12,21H,8H2,1-2H3. The largest absolute Gasteiger partial charge is 0.307 e. The second-order valence-corrected chi connectivity index (χ2v) is 6.13. The summed E-state index contributed by atoms with van der Waals surface area (Å²) in [5, 5.41) is 4.76. The molecular formula is C17H18Cl2FN. The van der Waals surface area contributed by atoms with E-state index in [4.69, 9.17) is 23.2 Å². The Morgan fingerprint density at radius 2 is 1.86 bits per heavy atom. The molecule has 0 aliphatic heterocycles. The number of hydrogen-bond acceptors (Lipinski definition) is 1. The van der Waals surface area contributed by atoms with Crippen LogP contribution in [0.4, 0.5) is 4.39 Å². The van der Waals surface area contributed by atoms with Gasteiger partial charge in [-0.2, -0.15) is 0 Å². The highest BCUT2D eigenvalue weighted by Crippen LogP contribution is 2.26. The Bertz CT molecular complexity index is 615. The fourth-order valence-electron chi connectivity index (χ4n) is 2.45. The van der Waals surface area contributed by atoms with Crippen molar-refractivity contribution in [2.24, 2.45) is 0 Å². The molecule has 0 aromatic heterocycles. The number of hydrogen-bond donors (Lipinski definition) is 1. The maximum absolute atomic E-state index is 13.2. The van der Waals surface area contributed by atoms with Gasteiger partial charge in [0, 0.05) is 22.1 Å². The van der Waals surface area contributed by atoms with Crippen molar-refractivity contribution in [2.45, 2.75) is 32.4 Å². The van der Waals surface area contributed by atoms with Gasteiger partial charge in [0.25, 0.3) is 0 Å². The Kier molecular flexibility index (Phi) is 5.63. The topological polar surface area (TPSA) is 12.0 Å². The minimum atomic E-state index is -0.200. The van der Waals surface area contributed by atoms with Gasteiger partial charge in [0.2, 0.25) is 0 Å². The van der Waals surface area contributed by atoms with Gasteiger partial charge in [-0.05, 0) is 55.7 Å². The van der Waals surface area contributed by atoms with Crippen LogP contribution in [0.5, 0.6) is 0 Å². The molecule has 2 aromatic rings. The Morgan fingerprint density at radius 1 is 1.10 bits per heavy atom. The van der Waals surface area contributed by atoms with Crippen molar-refractivity contribution in [2.75, 3.05) is 0 Å². The third kappa shape index (κ3) is 4.70. The Labute approximate surface area is 135 Å². The van der Waals surface area contributed by atoms with E-state index >= 15 is 0 Å². The van der Waals surface area contributed by atoms with Crippen molar-refractivity contribution in [1.82, 2.24) is 5.32 Å². The van der Waals surface area contributed by atoms with Crippen LogP contribution in [0, 0.1) is 5.82 Å². The van der Waals surface area contributed by atoms with Crippen molar-refractivity contribution < 1.29 is 4.39 Å². The second-order valence-electron chi connectivity index (χ2n) is 5.29. The predicted molar refractivity (Wildman–Crippen MR) is 87.6 cm³/mol. The predicted octanol–water partition coefficient (Wildman–Crippen LogP) is 5.41. The van der Waals surface area contributed by atoms with Crippen LogP contribution in [-0.4, -0.2) is 6.04 Å². The molecule has 0 spiro atoms. The van der Waals surface area contributed by atoms with Crippen molar-refractivity contribution in [3.63, 3.8) is 0 Å². The summed E-state index contributed by atoms with van der Waals surface area (Å²) in [6, 6.07) is 12.5. The monoisotopic (exact) mass is 325 g/mol. The van der Waals surface area contributed by atoms with E-state index in [9.17, 15) is 4.39 Å². The molecule has 0 radical (unpaired) electrons. The maximum atomic E-state index is 13.2. The van der Waals surface area contributed by atoms with Crippen molar-refractivity contribution in [1.29, 1.82) is 0 Å². The van der Waals surface area contributed by atoms with E-state index in [-0.39, 0.29) is 17.9 Å². The number of rotatable bonds is 5. The van der Waals surface area contributed by atoms with Crippen LogP contribution in [-0.2, 0) is 6.42 Å². The van der Waals surface area contributed by atoms with Crippen molar-refractivity contribution >= 4 is 23.2 Å². The van der Waals surface area contributed by atoms with Gasteiger partial charge in [-0.15, -0.1) is 0 Å². The van der Waals surface area contributed by atoms with Crippen molar-refractivity contribution in [3.8, 4) is 0 Å². The summed E-state index contributed by atoms with van der Waals surface area (Å²) in [5.74, 6) is -0.200. The number of halogens is 3. The summed E-state index contributed by atoms with van der Waals surface area (Å²) < 4.78 is 13.2. The average molecular weight is 326 g/mol. The summed E-state index contributed by atoms with van der Waals surface area (Å²) in [5.41, 5.74) is 1.98. The lowest BCUT2D eigenvalue weighted by atomic mass is 10.0. The van der Waals surface area contributed by atoms with Crippen LogP contribution < -0.4 is 5.32 Å². The summed E-state index contributed by atoms with van der Waals surface area (Å²) in [6.07, 6.45) is 0.757. The lowest BCUT2D eigenvalue weighted by Crippen LogP contribution is -2.30. The highest BCUT2D eigenvalue weighted by molar-refractivity contribution is 6.35. The minimum Gasteiger partial charge on any atom is -0.307 e. The van der Waals surface area contributed by atoms with E-state index in [1.807, 2.05) is 18.2 Å². The zero-order valence-corrected chi connectivity index (χ0v) is 13.5. The molecule has 2 unspecified atom stereocenters. The smallest absolute Gasteiger partial charge is 0.123 e. The molecule has 0 saturated heterocycles. The molecule has 0 amide bonds. The van der Waals surface area contributed by atoms with E-state index < -0.39 is 0 Å². The highest BCUT2D eigenvalue weighted by Gasteiger charge is 2.13. The van der Waals surface area contributed by atoms with Crippen molar-refractivity contribution in [3.05, 3.63) is 69.5 Å². The molecule has 1 N–H and O–H groups in total. The normalized spacial score (nSPS) is 14.0. The Balaban J connectivity index is 2.00. The van der Waals surface area contributed by atoms with Gasteiger partial charge in [0.05, 0.1) is 0 Å². The lowest BCUT2D eigenvalue weighted by Gasteiger charge is -2.21. The first-order chi connectivity index (χ1) is 9.95. The molecule has 0 aliphatic carbocycles. The van der Waals surface area contributed by atoms with Gasteiger partial charge in [0.1, 0.15) is 5.82 Å². The van der Waals surface area contributed by atoms with Crippen LogP contribution in [0.2, 0.25) is 10.0 Å². The third-order valence-electron chi connectivity index (χ3n) is 3.39. The quantitative estimate of drug-likeness (QED) is 0.774. The van der Waals surface area contributed by atoms with Gasteiger partial charge in [0.15, 0.2) is 0 Å². The SMILES string of the molecule is CC(Cc1cccc(F)c1)NC(C)c1ccc(Cl)cc1Cl. The minimum absolute atomic E-state index is 0.0957. The molecule has 2 aromatic carbocycles. The highest BCUT2D eigenvalue weighted by atomic mass is 35.5. The lowest BCUT2D eigenvalue weighted by molar-refractivity contribution is 0.476. The maximum Gasteiger partial charge on any atom is 0.123 e. The van der Waals surface area contributed by atoms with Gasteiger partial charge in [-0.3, -0.25) is 0 Å². The van der Waals surface area contributed by atoms with E-state index in [0.29, 0.717) is 10.0 Å². The molecule has 0 bridgehead atoms. The fraction of sp³-hybridized carbons (Fsp3) is 0.294.